The summed E-state index contributed by atoms with van der Waals surface area (Å²) in [5.41, 5.74) is 1.05. The van der Waals surface area contributed by atoms with Gasteiger partial charge in [-0.25, -0.2) is 13.8 Å². The van der Waals surface area contributed by atoms with Crippen molar-refractivity contribution >= 4 is 5.82 Å². The molecule has 1 N–H and O–H groups in total. The van der Waals surface area contributed by atoms with Crippen LogP contribution in [0.5, 0.6) is 0 Å². The van der Waals surface area contributed by atoms with Gasteiger partial charge >= 0.3 is 0 Å². The Hall–Kier alpha value is -2.01. The van der Waals surface area contributed by atoms with E-state index >= 15 is 0 Å². The molecule has 0 aliphatic rings. The Labute approximate surface area is 123 Å². The van der Waals surface area contributed by atoms with E-state index in [4.69, 9.17) is 0 Å². The van der Waals surface area contributed by atoms with Crippen molar-refractivity contribution in [3.8, 4) is 0 Å². The van der Waals surface area contributed by atoms with E-state index in [0.717, 1.165) is 0 Å². The Balaban J connectivity index is 2.34. The van der Waals surface area contributed by atoms with Crippen LogP contribution in [0.1, 0.15) is 24.1 Å². The van der Waals surface area contributed by atoms with Gasteiger partial charge in [-0.2, -0.15) is 0 Å². The van der Waals surface area contributed by atoms with Crippen LogP contribution in [0.25, 0.3) is 0 Å². The molecule has 2 rings (SSSR count). The van der Waals surface area contributed by atoms with Crippen LogP contribution in [0.3, 0.4) is 0 Å². The summed E-state index contributed by atoms with van der Waals surface area (Å²) in [4.78, 5) is 5.74. The van der Waals surface area contributed by atoms with Crippen LogP contribution in [0.15, 0.2) is 36.5 Å². The molecule has 1 aromatic carbocycles. The minimum atomic E-state index is -0.377. The molecule has 0 spiro atoms. The van der Waals surface area contributed by atoms with Crippen LogP contribution < -0.4 is 10.2 Å². The molecule has 2 aromatic rings. The first-order valence-corrected chi connectivity index (χ1v) is 6.81. The van der Waals surface area contributed by atoms with Crippen LogP contribution in [-0.2, 0) is 6.54 Å². The summed E-state index contributed by atoms with van der Waals surface area (Å²) in [5, 5.41) is 2.91. The summed E-state index contributed by atoms with van der Waals surface area (Å²) < 4.78 is 28.3. The van der Waals surface area contributed by atoms with E-state index < -0.39 is 0 Å². The van der Waals surface area contributed by atoms with Crippen LogP contribution in [0.2, 0.25) is 0 Å². The number of benzene rings is 1. The normalized spacial score (nSPS) is 12.2. The highest BCUT2D eigenvalue weighted by atomic mass is 19.1. The lowest BCUT2D eigenvalue weighted by Gasteiger charge is -2.27. The number of halogens is 2. The van der Waals surface area contributed by atoms with Crippen molar-refractivity contribution in [3.63, 3.8) is 0 Å². The Bertz CT molecular complexity index is 616. The highest BCUT2D eigenvalue weighted by Crippen LogP contribution is 2.28. The summed E-state index contributed by atoms with van der Waals surface area (Å²) in [7, 11) is 3.47. The zero-order valence-corrected chi connectivity index (χ0v) is 12.4. The van der Waals surface area contributed by atoms with Crippen molar-refractivity contribution < 1.29 is 8.78 Å². The maximum absolute atomic E-state index is 14.4. The monoisotopic (exact) mass is 291 g/mol. The molecule has 0 fully saturated rings. The molecule has 0 radical (unpaired) electrons. The van der Waals surface area contributed by atoms with E-state index in [0.29, 0.717) is 17.7 Å². The van der Waals surface area contributed by atoms with E-state index in [1.54, 1.807) is 49.5 Å². The van der Waals surface area contributed by atoms with Gasteiger partial charge in [0.2, 0.25) is 0 Å². The van der Waals surface area contributed by atoms with E-state index in [2.05, 4.69) is 10.3 Å². The van der Waals surface area contributed by atoms with Gasteiger partial charge in [-0.15, -0.1) is 0 Å². The van der Waals surface area contributed by atoms with Gasteiger partial charge < -0.3 is 10.2 Å². The quantitative estimate of drug-likeness (QED) is 0.916. The van der Waals surface area contributed by atoms with Gasteiger partial charge in [0.25, 0.3) is 0 Å². The first-order chi connectivity index (χ1) is 10.1. The van der Waals surface area contributed by atoms with Gasteiger partial charge in [-0.1, -0.05) is 18.2 Å². The molecular formula is C16H19F2N3. The third-order valence-electron chi connectivity index (χ3n) is 3.59. The summed E-state index contributed by atoms with van der Waals surface area (Å²) in [6.07, 6.45) is 1.57. The van der Waals surface area contributed by atoms with E-state index in [9.17, 15) is 8.78 Å². The highest BCUT2D eigenvalue weighted by molar-refractivity contribution is 5.45. The smallest absolute Gasteiger partial charge is 0.170 e. The SMILES string of the molecule is CNCc1ccnc(N(C)C(C)c2ccccc2F)c1F. The molecule has 0 aliphatic carbocycles. The van der Waals surface area contributed by atoms with Gasteiger partial charge in [-0.3, -0.25) is 0 Å². The minimum Gasteiger partial charge on any atom is -0.350 e. The molecule has 0 amide bonds. The summed E-state index contributed by atoms with van der Waals surface area (Å²) >= 11 is 0. The summed E-state index contributed by atoms with van der Waals surface area (Å²) in [5.74, 6) is -0.459. The molecule has 1 aromatic heterocycles. The maximum atomic E-state index is 14.4. The average Bonchev–Trinajstić information content (AvgIpc) is 2.49. The van der Waals surface area contributed by atoms with Crippen LogP contribution in [0.4, 0.5) is 14.6 Å². The van der Waals surface area contributed by atoms with Crippen LogP contribution in [-0.4, -0.2) is 19.1 Å². The number of hydrogen-bond acceptors (Lipinski definition) is 3. The number of hydrogen-bond donors (Lipinski definition) is 1. The fraction of sp³-hybridized carbons (Fsp3) is 0.312. The molecule has 0 bridgehead atoms. The van der Waals surface area contributed by atoms with Crippen LogP contribution in [0, 0.1) is 11.6 Å². The molecule has 112 valence electrons. The zero-order chi connectivity index (χ0) is 15.4. The van der Waals surface area contributed by atoms with Crippen molar-refractivity contribution in [1.82, 2.24) is 10.3 Å². The van der Waals surface area contributed by atoms with Crippen molar-refractivity contribution in [2.24, 2.45) is 0 Å². The van der Waals surface area contributed by atoms with E-state index in [-0.39, 0.29) is 23.5 Å². The van der Waals surface area contributed by atoms with Gasteiger partial charge in [0, 0.05) is 30.9 Å². The molecule has 1 heterocycles. The van der Waals surface area contributed by atoms with E-state index in [1.165, 1.54) is 6.07 Å². The molecule has 0 saturated heterocycles. The first kappa shape index (κ1) is 15.4. The highest BCUT2D eigenvalue weighted by Gasteiger charge is 2.20. The van der Waals surface area contributed by atoms with Gasteiger partial charge in [0.1, 0.15) is 5.82 Å². The minimum absolute atomic E-state index is 0.221. The molecule has 1 atom stereocenters. The number of anilines is 1. The summed E-state index contributed by atoms with van der Waals surface area (Å²) in [6.45, 7) is 2.24. The fourth-order valence-corrected chi connectivity index (χ4v) is 2.25. The first-order valence-electron chi connectivity index (χ1n) is 6.81. The standard InChI is InChI=1S/C16H19F2N3/c1-11(13-6-4-5-7-14(13)17)21(3)16-15(18)12(10-19-2)8-9-20-16/h4-9,11,19H,10H2,1-3H3. The number of nitrogens with one attached hydrogen (secondary N) is 1. The Kier molecular flexibility index (Phi) is 4.85. The third kappa shape index (κ3) is 3.19. The number of aromatic nitrogens is 1. The van der Waals surface area contributed by atoms with Crippen molar-refractivity contribution in [1.29, 1.82) is 0 Å². The number of rotatable bonds is 5. The predicted molar refractivity (Wildman–Crippen MR) is 80.2 cm³/mol. The molecule has 3 nitrogen and oxygen atoms in total. The topological polar surface area (TPSA) is 28.2 Å². The maximum Gasteiger partial charge on any atom is 0.170 e. The van der Waals surface area contributed by atoms with Gasteiger partial charge in [0.15, 0.2) is 11.6 Å². The molecule has 0 saturated carbocycles. The molecule has 5 heteroatoms. The second-order valence-corrected chi connectivity index (χ2v) is 4.95. The van der Waals surface area contributed by atoms with Gasteiger partial charge in [0.05, 0.1) is 6.04 Å². The van der Waals surface area contributed by atoms with Crippen LogP contribution >= 0.6 is 0 Å². The molecule has 0 aliphatic heterocycles. The average molecular weight is 291 g/mol. The predicted octanol–water partition coefficient (Wildman–Crippen LogP) is 3.28. The lowest BCUT2D eigenvalue weighted by molar-refractivity contribution is 0.562. The lowest BCUT2D eigenvalue weighted by Crippen LogP contribution is -2.25. The molecule has 1 unspecified atom stereocenters. The van der Waals surface area contributed by atoms with Crippen molar-refractivity contribution in [2.45, 2.75) is 19.5 Å². The largest absolute Gasteiger partial charge is 0.350 e. The molecule has 21 heavy (non-hydrogen) atoms. The summed E-state index contributed by atoms with van der Waals surface area (Å²) in [6, 6.07) is 7.82. The molecular weight excluding hydrogens is 272 g/mol. The Morgan fingerprint density at radius 1 is 1.24 bits per heavy atom. The number of nitrogens with zero attached hydrogens (tertiary/aromatic N) is 2. The van der Waals surface area contributed by atoms with Gasteiger partial charge in [-0.05, 0) is 26.1 Å². The fourth-order valence-electron chi connectivity index (χ4n) is 2.25. The second-order valence-electron chi connectivity index (χ2n) is 4.95. The Morgan fingerprint density at radius 3 is 2.62 bits per heavy atom. The zero-order valence-electron chi connectivity index (χ0n) is 12.4. The third-order valence-corrected chi connectivity index (χ3v) is 3.59. The lowest BCUT2D eigenvalue weighted by atomic mass is 10.1. The van der Waals surface area contributed by atoms with E-state index in [1.807, 2.05) is 6.92 Å². The van der Waals surface area contributed by atoms with Crippen molar-refractivity contribution in [3.05, 3.63) is 59.3 Å². The van der Waals surface area contributed by atoms with Crippen molar-refractivity contribution in [2.75, 3.05) is 19.0 Å². The Morgan fingerprint density at radius 2 is 1.95 bits per heavy atom. The number of pyridine rings is 1. The second kappa shape index (κ2) is 6.63.